The highest BCUT2D eigenvalue weighted by molar-refractivity contribution is 5.96. The maximum Gasteiger partial charge on any atom is 0.410 e. The van der Waals surface area contributed by atoms with Crippen molar-refractivity contribution in [3.05, 3.63) is 23.3 Å². The number of nitrogens with zero attached hydrogens (tertiary/aromatic N) is 5. The van der Waals surface area contributed by atoms with Gasteiger partial charge in [-0.15, -0.1) is 0 Å². The number of likely N-dealkylation sites (tertiary alicyclic amines) is 2. The van der Waals surface area contributed by atoms with Gasteiger partial charge in [-0.05, 0) is 90.6 Å². The summed E-state index contributed by atoms with van der Waals surface area (Å²) in [4.78, 5) is 42.6. The zero-order valence-electron chi connectivity index (χ0n) is 27.1. The fraction of sp³-hybridized carbons (Fsp3) is 0.824. The second-order valence-electron chi connectivity index (χ2n) is 14.5. The number of carbonyl (C=O) groups excluding carboxylic acids is 2. The second kappa shape index (κ2) is 12.6. The third kappa shape index (κ3) is 6.18. The molecule has 4 saturated heterocycles. The number of aromatic nitrogens is 2. The quantitative estimate of drug-likeness (QED) is 0.455. The molecule has 0 radical (unpaired) electrons. The number of unbranched alkanes of at least 4 members (excludes halogenated alkanes) is 1. The predicted molar refractivity (Wildman–Crippen MR) is 167 cm³/mol. The molecule has 238 valence electrons. The largest absolute Gasteiger partial charge is 0.442 e. The molecule has 43 heavy (non-hydrogen) atoms. The summed E-state index contributed by atoms with van der Waals surface area (Å²) in [6.45, 7) is 14.8. The van der Waals surface area contributed by atoms with Gasteiger partial charge in [0.15, 0.2) is 0 Å². The first-order valence-corrected chi connectivity index (χ1v) is 17.3. The number of hydrogen-bond donors (Lipinski definition) is 1. The summed E-state index contributed by atoms with van der Waals surface area (Å²) < 4.78 is 6.66. The lowest BCUT2D eigenvalue weighted by molar-refractivity contribution is -0.142. The lowest BCUT2D eigenvalue weighted by Crippen LogP contribution is -2.65. The summed E-state index contributed by atoms with van der Waals surface area (Å²) in [5, 5.41) is 3.52. The molecule has 0 bridgehead atoms. The van der Waals surface area contributed by atoms with E-state index in [2.05, 4.69) is 38.9 Å². The van der Waals surface area contributed by atoms with Gasteiger partial charge in [-0.2, -0.15) is 0 Å². The van der Waals surface area contributed by atoms with Crippen molar-refractivity contribution in [2.75, 3.05) is 45.8 Å². The van der Waals surface area contributed by atoms with Crippen molar-refractivity contribution in [3.63, 3.8) is 0 Å². The van der Waals surface area contributed by atoms with Crippen molar-refractivity contribution in [1.29, 1.82) is 0 Å². The highest BCUT2D eigenvalue weighted by Crippen LogP contribution is 2.47. The molecule has 1 aromatic rings. The van der Waals surface area contributed by atoms with Crippen LogP contribution in [0, 0.1) is 31.6 Å². The van der Waals surface area contributed by atoms with Crippen molar-refractivity contribution in [2.45, 2.75) is 116 Å². The lowest BCUT2D eigenvalue weighted by atomic mass is 9.73. The molecule has 5 fully saturated rings. The maximum atomic E-state index is 13.8. The van der Waals surface area contributed by atoms with Crippen LogP contribution >= 0.6 is 0 Å². The molecule has 1 aliphatic carbocycles. The number of ether oxygens (including phenoxy) is 1. The Morgan fingerprint density at radius 3 is 2.23 bits per heavy atom. The van der Waals surface area contributed by atoms with E-state index in [9.17, 15) is 9.59 Å². The topological polar surface area (TPSA) is 90.9 Å². The molecular weight excluding hydrogens is 540 g/mol. The van der Waals surface area contributed by atoms with E-state index in [4.69, 9.17) is 4.74 Å². The molecule has 2 atom stereocenters. The van der Waals surface area contributed by atoms with Crippen molar-refractivity contribution in [2.24, 2.45) is 17.8 Å². The molecule has 1 N–H and O–H groups in total. The summed E-state index contributed by atoms with van der Waals surface area (Å²) in [6.07, 6.45) is 13.6. The van der Waals surface area contributed by atoms with Gasteiger partial charge in [-0.25, -0.2) is 14.8 Å². The molecule has 4 aliphatic heterocycles. The van der Waals surface area contributed by atoms with Crippen LogP contribution in [-0.4, -0.2) is 99.7 Å². The summed E-state index contributed by atoms with van der Waals surface area (Å²) in [7, 11) is 0. The SMILES string of the molecule is CCCCC1CN(C(C2CCNCC2)C2CC2)C(=O)OC12CCN(C1(C)CCN(C(=O)c3c(C)ncnc3C)CC1)CC2. The second-order valence-corrected chi connectivity index (χ2v) is 14.5. The molecule has 0 aromatic carbocycles. The van der Waals surface area contributed by atoms with E-state index in [-0.39, 0.29) is 23.1 Å². The van der Waals surface area contributed by atoms with E-state index in [0.29, 0.717) is 29.4 Å². The van der Waals surface area contributed by atoms with Crippen LogP contribution < -0.4 is 5.32 Å². The summed E-state index contributed by atoms with van der Waals surface area (Å²) >= 11 is 0. The monoisotopic (exact) mass is 594 g/mol. The van der Waals surface area contributed by atoms with Gasteiger partial charge in [0.1, 0.15) is 11.9 Å². The average Bonchev–Trinajstić information content (AvgIpc) is 3.84. The number of aryl methyl sites for hydroxylation is 2. The van der Waals surface area contributed by atoms with Crippen LogP contribution in [0.1, 0.15) is 106 Å². The van der Waals surface area contributed by atoms with Crippen molar-refractivity contribution < 1.29 is 14.3 Å². The van der Waals surface area contributed by atoms with Crippen LogP contribution in [0.3, 0.4) is 0 Å². The average molecular weight is 595 g/mol. The zero-order valence-corrected chi connectivity index (χ0v) is 27.1. The van der Waals surface area contributed by atoms with Crippen molar-refractivity contribution in [3.8, 4) is 0 Å². The van der Waals surface area contributed by atoms with Gasteiger partial charge in [0.25, 0.3) is 5.91 Å². The first-order valence-electron chi connectivity index (χ1n) is 17.3. The molecule has 5 heterocycles. The summed E-state index contributed by atoms with van der Waals surface area (Å²) in [6, 6.07) is 0.359. The van der Waals surface area contributed by atoms with Crippen molar-refractivity contribution >= 4 is 12.0 Å². The van der Waals surface area contributed by atoms with Gasteiger partial charge < -0.3 is 19.9 Å². The summed E-state index contributed by atoms with van der Waals surface area (Å²) in [5.41, 5.74) is 1.87. The van der Waals surface area contributed by atoms with E-state index >= 15 is 0 Å². The first kappa shape index (κ1) is 30.8. The number of hydrogen-bond acceptors (Lipinski definition) is 7. The number of piperidine rings is 3. The molecule has 2 unspecified atom stereocenters. The van der Waals surface area contributed by atoms with E-state index in [1.54, 1.807) is 0 Å². The Bertz CT molecular complexity index is 1130. The number of nitrogens with one attached hydrogen (secondary N) is 1. The molecule has 6 rings (SSSR count). The molecule has 2 amide bonds. The van der Waals surface area contributed by atoms with Crippen molar-refractivity contribution in [1.82, 2.24) is 30.0 Å². The molecule has 9 heteroatoms. The molecule has 1 saturated carbocycles. The third-order valence-electron chi connectivity index (χ3n) is 11.9. The number of carbonyl (C=O) groups is 2. The van der Waals surface area contributed by atoms with Crippen LogP contribution in [0.25, 0.3) is 0 Å². The summed E-state index contributed by atoms with van der Waals surface area (Å²) in [5.74, 6) is 1.73. The minimum absolute atomic E-state index is 0.0369. The van der Waals surface area contributed by atoms with Crippen LogP contribution in [0.15, 0.2) is 6.33 Å². The molecule has 5 aliphatic rings. The highest BCUT2D eigenvalue weighted by atomic mass is 16.6. The molecule has 1 spiro atoms. The molecular formula is C34H54N6O3. The normalized spacial score (nSPS) is 27.3. The van der Waals surface area contributed by atoms with Crippen LogP contribution in [0.2, 0.25) is 0 Å². The highest BCUT2D eigenvalue weighted by Gasteiger charge is 2.54. The number of rotatable bonds is 8. The Balaban J connectivity index is 1.10. The van der Waals surface area contributed by atoms with E-state index in [1.807, 2.05) is 18.7 Å². The Morgan fingerprint density at radius 1 is 1.00 bits per heavy atom. The third-order valence-corrected chi connectivity index (χ3v) is 11.9. The Hall–Kier alpha value is -2.26. The fourth-order valence-electron chi connectivity index (χ4n) is 8.86. The van der Waals surface area contributed by atoms with E-state index < -0.39 is 0 Å². The zero-order chi connectivity index (χ0) is 30.2. The Morgan fingerprint density at radius 2 is 1.63 bits per heavy atom. The van der Waals surface area contributed by atoms with E-state index in [1.165, 1.54) is 44.9 Å². The molecule has 1 aromatic heterocycles. The predicted octanol–water partition coefficient (Wildman–Crippen LogP) is 4.96. The van der Waals surface area contributed by atoms with Crippen LogP contribution in [-0.2, 0) is 4.74 Å². The fourth-order valence-corrected chi connectivity index (χ4v) is 8.86. The van der Waals surface area contributed by atoms with Gasteiger partial charge in [0, 0.05) is 63.1 Å². The molecule has 9 nitrogen and oxygen atoms in total. The van der Waals surface area contributed by atoms with Crippen LogP contribution in [0.4, 0.5) is 4.79 Å². The van der Waals surface area contributed by atoms with Gasteiger partial charge in [0.05, 0.1) is 17.0 Å². The Labute approximate surface area is 258 Å². The number of amides is 2. The standard InChI is InChI=1S/C34H54N6O3/c1-5-6-7-28-22-40(30(26-8-9-26)27-10-16-35-17-11-27)32(42)43-34(28)14-20-39(21-15-34)33(4)12-18-38(19-13-33)31(41)29-24(2)36-23-37-25(29)3/h23,26-28,30,35H,5-22H2,1-4H3. The Kier molecular flexibility index (Phi) is 9.03. The minimum Gasteiger partial charge on any atom is -0.442 e. The van der Waals surface area contributed by atoms with Gasteiger partial charge in [-0.3, -0.25) is 9.69 Å². The van der Waals surface area contributed by atoms with Gasteiger partial charge in [0.2, 0.25) is 0 Å². The van der Waals surface area contributed by atoms with E-state index in [0.717, 1.165) is 89.3 Å². The van der Waals surface area contributed by atoms with Gasteiger partial charge in [-0.1, -0.05) is 19.8 Å². The van der Waals surface area contributed by atoms with Crippen LogP contribution in [0.5, 0.6) is 0 Å². The first-order chi connectivity index (χ1) is 20.7. The smallest absolute Gasteiger partial charge is 0.410 e. The maximum absolute atomic E-state index is 13.8. The minimum atomic E-state index is -0.336. The lowest BCUT2D eigenvalue weighted by Gasteiger charge is -2.56. The van der Waals surface area contributed by atoms with Gasteiger partial charge >= 0.3 is 6.09 Å².